The van der Waals surface area contributed by atoms with Crippen molar-refractivity contribution in [3.05, 3.63) is 70.9 Å². The van der Waals surface area contributed by atoms with Gasteiger partial charge in [0.2, 0.25) is 0 Å². The number of aliphatic hydroxyl groups is 1. The van der Waals surface area contributed by atoms with Crippen LogP contribution in [0.3, 0.4) is 0 Å². The number of aryl methyl sites for hydroxylation is 1. The standard InChI is InChI=1S/C20H20N2O3/c1-13-9-18(17-10-16(25-2)7-8-19(17)22-13)20(24)21-11-14-5-3-4-6-15(14)12-23/h3-10,23H,11-12H2,1-2H3,(H,21,24). The molecule has 0 aliphatic heterocycles. The zero-order valence-corrected chi connectivity index (χ0v) is 14.2. The van der Waals surface area contributed by atoms with Crippen molar-refractivity contribution in [1.82, 2.24) is 10.3 Å². The van der Waals surface area contributed by atoms with E-state index in [9.17, 15) is 9.90 Å². The quantitative estimate of drug-likeness (QED) is 0.751. The second-order valence-electron chi connectivity index (χ2n) is 5.80. The molecule has 3 aromatic rings. The zero-order chi connectivity index (χ0) is 17.8. The van der Waals surface area contributed by atoms with Gasteiger partial charge >= 0.3 is 0 Å². The molecule has 0 spiro atoms. The number of rotatable bonds is 5. The van der Waals surface area contributed by atoms with Crippen LogP contribution in [0.2, 0.25) is 0 Å². The number of aliphatic hydroxyl groups excluding tert-OH is 1. The van der Waals surface area contributed by atoms with Gasteiger partial charge in [0, 0.05) is 17.6 Å². The normalized spacial score (nSPS) is 10.7. The second-order valence-corrected chi connectivity index (χ2v) is 5.80. The van der Waals surface area contributed by atoms with Crippen LogP contribution >= 0.6 is 0 Å². The van der Waals surface area contributed by atoms with Crippen molar-refractivity contribution in [2.45, 2.75) is 20.1 Å². The third-order valence-corrected chi connectivity index (χ3v) is 4.12. The van der Waals surface area contributed by atoms with E-state index in [0.717, 1.165) is 27.7 Å². The number of hydrogen-bond acceptors (Lipinski definition) is 4. The molecule has 2 aromatic carbocycles. The van der Waals surface area contributed by atoms with E-state index in [0.29, 0.717) is 17.9 Å². The maximum Gasteiger partial charge on any atom is 0.252 e. The molecule has 0 saturated heterocycles. The van der Waals surface area contributed by atoms with E-state index in [4.69, 9.17) is 4.74 Å². The van der Waals surface area contributed by atoms with E-state index in [1.807, 2.05) is 49.4 Å². The number of amides is 1. The van der Waals surface area contributed by atoms with E-state index in [2.05, 4.69) is 10.3 Å². The van der Waals surface area contributed by atoms with Crippen molar-refractivity contribution in [2.75, 3.05) is 7.11 Å². The minimum absolute atomic E-state index is 0.0550. The van der Waals surface area contributed by atoms with Crippen LogP contribution in [0.15, 0.2) is 48.5 Å². The lowest BCUT2D eigenvalue weighted by molar-refractivity contribution is 0.0952. The van der Waals surface area contributed by atoms with Crippen LogP contribution < -0.4 is 10.1 Å². The summed E-state index contributed by atoms with van der Waals surface area (Å²) in [6, 6.07) is 14.8. The number of benzene rings is 2. The summed E-state index contributed by atoms with van der Waals surface area (Å²) in [5.74, 6) is 0.495. The smallest absolute Gasteiger partial charge is 0.252 e. The van der Waals surface area contributed by atoms with Gasteiger partial charge in [0.15, 0.2) is 0 Å². The summed E-state index contributed by atoms with van der Waals surface area (Å²) < 4.78 is 5.26. The fraction of sp³-hybridized carbons (Fsp3) is 0.200. The highest BCUT2D eigenvalue weighted by Crippen LogP contribution is 2.24. The SMILES string of the molecule is COc1ccc2nc(C)cc(C(=O)NCc3ccccc3CO)c2c1. The van der Waals surface area contributed by atoms with Gasteiger partial charge in [-0.15, -0.1) is 0 Å². The minimum Gasteiger partial charge on any atom is -0.497 e. The Morgan fingerprint density at radius 3 is 2.64 bits per heavy atom. The van der Waals surface area contributed by atoms with Gasteiger partial charge in [0.25, 0.3) is 5.91 Å². The fourth-order valence-electron chi connectivity index (χ4n) is 2.81. The predicted molar refractivity (Wildman–Crippen MR) is 96.6 cm³/mol. The maximum absolute atomic E-state index is 12.7. The monoisotopic (exact) mass is 336 g/mol. The van der Waals surface area contributed by atoms with Gasteiger partial charge in [-0.1, -0.05) is 24.3 Å². The van der Waals surface area contributed by atoms with E-state index in [1.54, 1.807) is 13.2 Å². The van der Waals surface area contributed by atoms with Gasteiger partial charge in [-0.3, -0.25) is 9.78 Å². The Morgan fingerprint density at radius 2 is 1.92 bits per heavy atom. The highest BCUT2D eigenvalue weighted by molar-refractivity contribution is 6.06. The summed E-state index contributed by atoms with van der Waals surface area (Å²) in [6.45, 7) is 2.16. The van der Waals surface area contributed by atoms with Crippen LogP contribution in [0.5, 0.6) is 5.75 Å². The van der Waals surface area contributed by atoms with Crippen molar-refractivity contribution in [3.63, 3.8) is 0 Å². The third kappa shape index (κ3) is 3.61. The zero-order valence-electron chi connectivity index (χ0n) is 14.2. The topological polar surface area (TPSA) is 71.5 Å². The lowest BCUT2D eigenvalue weighted by Crippen LogP contribution is -2.24. The molecule has 0 saturated carbocycles. The molecule has 0 bridgehead atoms. The van der Waals surface area contributed by atoms with Crippen LogP contribution in [0.4, 0.5) is 0 Å². The Kier molecular flexibility index (Phi) is 4.95. The molecule has 1 aromatic heterocycles. The first-order valence-corrected chi connectivity index (χ1v) is 8.03. The highest BCUT2D eigenvalue weighted by Gasteiger charge is 2.13. The first-order chi connectivity index (χ1) is 12.1. The van der Waals surface area contributed by atoms with Gasteiger partial charge < -0.3 is 15.2 Å². The molecule has 0 radical (unpaired) electrons. The Labute approximate surface area is 146 Å². The summed E-state index contributed by atoms with van der Waals surface area (Å²) >= 11 is 0. The predicted octanol–water partition coefficient (Wildman–Crippen LogP) is 2.97. The number of carbonyl (C=O) groups excluding carboxylic acids is 1. The Morgan fingerprint density at radius 1 is 1.16 bits per heavy atom. The lowest BCUT2D eigenvalue weighted by atomic mass is 10.1. The number of nitrogens with one attached hydrogen (secondary N) is 1. The van der Waals surface area contributed by atoms with Crippen molar-refractivity contribution in [3.8, 4) is 5.75 Å². The summed E-state index contributed by atoms with van der Waals surface area (Å²) in [4.78, 5) is 17.2. The molecule has 2 N–H and O–H groups in total. The lowest BCUT2D eigenvalue weighted by Gasteiger charge is -2.12. The molecule has 1 heterocycles. The summed E-state index contributed by atoms with van der Waals surface area (Å²) in [6.07, 6.45) is 0. The number of pyridine rings is 1. The van der Waals surface area contributed by atoms with Crippen molar-refractivity contribution in [1.29, 1.82) is 0 Å². The van der Waals surface area contributed by atoms with Crippen molar-refractivity contribution < 1.29 is 14.6 Å². The Balaban J connectivity index is 1.91. The molecule has 1 amide bonds. The molecule has 3 rings (SSSR count). The summed E-state index contributed by atoms with van der Waals surface area (Å²) in [7, 11) is 1.59. The maximum atomic E-state index is 12.7. The Bertz CT molecular complexity index is 922. The highest BCUT2D eigenvalue weighted by atomic mass is 16.5. The van der Waals surface area contributed by atoms with Crippen LogP contribution in [0.25, 0.3) is 10.9 Å². The molecule has 5 heteroatoms. The number of aromatic nitrogens is 1. The number of methoxy groups -OCH3 is 1. The van der Waals surface area contributed by atoms with E-state index in [-0.39, 0.29) is 12.5 Å². The number of hydrogen-bond donors (Lipinski definition) is 2. The van der Waals surface area contributed by atoms with Crippen LogP contribution in [-0.2, 0) is 13.2 Å². The van der Waals surface area contributed by atoms with Gasteiger partial charge in [-0.2, -0.15) is 0 Å². The molecular weight excluding hydrogens is 316 g/mol. The average molecular weight is 336 g/mol. The molecule has 25 heavy (non-hydrogen) atoms. The van der Waals surface area contributed by atoms with E-state index >= 15 is 0 Å². The average Bonchev–Trinajstić information content (AvgIpc) is 2.65. The first kappa shape index (κ1) is 16.9. The molecule has 5 nitrogen and oxygen atoms in total. The number of nitrogens with zero attached hydrogens (tertiary/aromatic N) is 1. The Hall–Kier alpha value is -2.92. The van der Waals surface area contributed by atoms with Crippen LogP contribution in [0, 0.1) is 6.92 Å². The number of ether oxygens (including phenoxy) is 1. The van der Waals surface area contributed by atoms with E-state index in [1.165, 1.54) is 0 Å². The third-order valence-electron chi connectivity index (χ3n) is 4.12. The van der Waals surface area contributed by atoms with Gasteiger partial charge in [-0.25, -0.2) is 0 Å². The number of fused-ring (bicyclic) bond motifs is 1. The number of carbonyl (C=O) groups is 1. The van der Waals surface area contributed by atoms with Gasteiger partial charge in [0.05, 0.1) is 24.8 Å². The van der Waals surface area contributed by atoms with Crippen LogP contribution in [0.1, 0.15) is 27.2 Å². The molecule has 128 valence electrons. The molecule has 0 aliphatic rings. The van der Waals surface area contributed by atoms with Crippen molar-refractivity contribution in [2.24, 2.45) is 0 Å². The van der Waals surface area contributed by atoms with Crippen molar-refractivity contribution >= 4 is 16.8 Å². The molecular formula is C20H20N2O3. The fourth-order valence-corrected chi connectivity index (χ4v) is 2.81. The first-order valence-electron chi connectivity index (χ1n) is 8.03. The molecule has 0 atom stereocenters. The van der Waals surface area contributed by atoms with Gasteiger partial charge in [-0.05, 0) is 42.3 Å². The minimum atomic E-state index is -0.184. The molecule has 0 unspecified atom stereocenters. The van der Waals surface area contributed by atoms with E-state index < -0.39 is 0 Å². The second kappa shape index (κ2) is 7.32. The van der Waals surface area contributed by atoms with Crippen LogP contribution in [-0.4, -0.2) is 23.1 Å². The molecule has 0 aliphatic carbocycles. The van der Waals surface area contributed by atoms with Gasteiger partial charge in [0.1, 0.15) is 5.75 Å². The molecule has 0 fully saturated rings. The largest absolute Gasteiger partial charge is 0.497 e. The summed E-state index contributed by atoms with van der Waals surface area (Å²) in [5, 5.41) is 13.1. The summed E-state index contributed by atoms with van der Waals surface area (Å²) in [5.41, 5.74) is 3.79.